The Balaban J connectivity index is 1.79. The van der Waals surface area contributed by atoms with Crippen LogP contribution in [0, 0.1) is 0 Å². The molecule has 1 amide bonds. The first-order chi connectivity index (χ1) is 12.1. The first kappa shape index (κ1) is 16.0. The molecule has 1 aromatic carbocycles. The van der Waals surface area contributed by atoms with Crippen LogP contribution in [-0.2, 0) is 13.6 Å². The number of aryl methyl sites for hydroxylation is 1. The summed E-state index contributed by atoms with van der Waals surface area (Å²) in [6.45, 7) is 4.92. The van der Waals surface area contributed by atoms with E-state index in [0.29, 0.717) is 18.3 Å². The van der Waals surface area contributed by atoms with E-state index in [2.05, 4.69) is 48.0 Å². The summed E-state index contributed by atoms with van der Waals surface area (Å²) in [6, 6.07) is 14.8. The number of para-hydroxylation sites is 1. The van der Waals surface area contributed by atoms with Gasteiger partial charge in [-0.1, -0.05) is 24.3 Å². The van der Waals surface area contributed by atoms with Crippen LogP contribution < -0.4 is 5.32 Å². The van der Waals surface area contributed by atoms with Gasteiger partial charge in [0.05, 0.1) is 23.1 Å². The van der Waals surface area contributed by atoms with Crippen LogP contribution in [0.25, 0.3) is 21.9 Å². The molecule has 0 radical (unpaired) electrons. The van der Waals surface area contributed by atoms with Gasteiger partial charge in [0.1, 0.15) is 5.69 Å². The largest absolute Gasteiger partial charge is 0.346 e. The molecule has 0 saturated carbocycles. The Kier molecular flexibility index (Phi) is 3.88. The van der Waals surface area contributed by atoms with Gasteiger partial charge in [0.25, 0.3) is 5.91 Å². The molecule has 0 bridgehead atoms. The maximum atomic E-state index is 12.7. The fourth-order valence-corrected chi connectivity index (χ4v) is 4.19. The van der Waals surface area contributed by atoms with Crippen LogP contribution in [0.4, 0.5) is 0 Å². The molecule has 0 fully saturated rings. The number of thiophene rings is 1. The molecule has 4 rings (SSSR count). The van der Waals surface area contributed by atoms with E-state index in [1.54, 1.807) is 11.3 Å². The molecule has 3 heterocycles. The smallest absolute Gasteiger partial charge is 0.268 e. The molecule has 128 valence electrons. The van der Waals surface area contributed by atoms with Crippen molar-refractivity contribution in [3.63, 3.8) is 0 Å². The highest BCUT2D eigenvalue weighted by atomic mass is 32.1. The number of carbonyl (C=O) groups excluding carboxylic acids is 1. The molecule has 5 heteroatoms. The molecule has 0 atom stereocenters. The number of fused-ring (bicyclic) bond motifs is 3. The number of aromatic nitrogens is 2. The van der Waals surface area contributed by atoms with Crippen molar-refractivity contribution in [1.29, 1.82) is 0 Å². The third-order valence-electron chi connectivity index (χ3n) is 4.64. The first-order valence-corrected chi connectivity index (χ1v) is 9.35. The van der Waals surface area contributed by atoms with Crippen molar-refractivity contribution in [1.82, 2.24) is 14.5 Å². The Morgan fingerprint density at radius 2 is 1.96 bits per heavy atom. The molecular formula is C20H21N3OS. The Hall–Kier alpha value is -2.53. The number of hydrogen-bond donors (Lipinski definition) is 1. The number of carbonyl (C=O) groups is 1. The Bertz CT molecular complexity index is 1050. The molecule has 0 aliphatic carbocycles. The van der Waals surface area contributed by atoms with E-state index >= 15 is 0 Å². The van der Waals surface area contributed by atoms with Gasteiger partial charge in [-0.2, -0.15) is 0 Å². The van der Waals surface area contributed by atoms with Crippen LogP contribution in [0.15, 0.2) is 47.8 Å². The van der Waals surface area contributed by atoms with Gasteiger partial charge in [-0.25, -0.2) is 0 Å². The minimum absolute atomic E-state index is 0.0357. The Morgan fingerprint density at radius 1 is 1.16 bits per heavy atom. The number of nitrogens with one attached hydrogen (secondary N) is 1. The molecule has 1 N–H and O–H groups in total. The summed E-state index contributed by atoms with van der Waals surface area (Å²) in [5.74, 6) is -0.0357. The van der Waals surface area contributed by atoms with Crippen molar-refractivity contribution < 1.29 is 4.79 Å². The fourth-order valence-electron chi connectivity index (χ4n) is 3.55. The summed E-state index contributed by atoms with van der Waals surface area (Å²) in [7, 11) is 1.97. The first-order valence-electron chi connectivity index (χ1n) is 8.47. The average molecular weight is 351 g/mol. The van der Waals surface area contributed by atoms with Crippen LogP contribution in [-0.4, -0.2) is 15.0 Å². The van der Waals surface area contributed by atoms with Crippen molar-refractivity contribution in [2.75, 3.05) is 0 Å². The zero-order valence-corrected chi connectivity index (χ0v) is 15.4. The lowest BCUT2D eigenvalue weighted by molar-refractivity contribution is 0.0943. The van der Waals surface area contributed by atoms with E-state index in [0.717, 1.165) is 15.9 Å². The van der Waals surface area contributed by atoms with Crippen LogP contribution >= 0.6 is 11.3 Å². The monoisotopic (exact) mass is 351 g/mol. The summed E-state index contributed by atoms with van der Waals surface area (Å²) in [4.78, 5) is 13.9. The normalized spacial score (nSPS) is 11.7. The highest BCUT2D eigenvalue weighted by molar-refractivity contribution is 7.09. The lowest BCUT2D eigenvalue weighted by Crippen LogP contribution is -2.24. The average Bonchev–Trinajstić information content (AvgIpc) is 3.28. The lowest BCUT2D eigenvalue weighted by Gasteiger charge is -2.10. The zero-order chi connectivity index (χ0) is 17.6. The Morgan fingerprint density at radius 3 is 2.68 bits per heavy atom. The fraction of sp³-hybridized carbons (Fsp3) is 0.250. The molecule has 0 saturated heterocycles. The van der Waals surface area contributed by atoms with Crippen molar-refractivity contribution in [3.05, 3.63) is 58.4 Å². The number of rotatable bonds is 4. The standard InChI is InChI=1S/C20H21N3OS/c1-13(2)23-16-9-5-4-8-15(16)19-17(23)11-18(22(19)3)20(24)21-12-14-7-6-10-25-14/h4-11,13H,12H2,1-3H3,(H,21,24). The molecule has 0 aliphatic heterocycles. The SMILES string of the molecule is CC(C)n1c2ccccc2c2c1cc(C(=O)NCc1cccs1)n2C. The minimum atomic E-state index is -0.0357. The van der Waals surface area contributed by atoms with E-state index in [1.165, 1.54) is 10.9 Å². The second-order valence-electron chi connectivity index (χ2n) is 6.57. The maximum absolute atomic E-state index is 12.7. The number of hydrogen-bond acceptors (Lipinski definition) is 2. The predicted octanol–water partition coefficient (Wildman–Crippen LogP) is 4.71. The van der Waals surface area contributed by atoms with Crippen molar-refractivity contribution in [3.8, 4) is 0 Å². The summed E-state index contributed by atoms with van der Waals surface area (Å²) < 4.78 is 4.32. The maximum Gasteiger partial charge on any atom is 0.268 e. The third kappa shape index (κ3) is 2.55. The molecule has 0 unspecified atom stereocenters. The Labute approximate surface area is 150 Å². The topological polar surface area (TPSA) is 39.0 Å². The van der Waals surface area contributed by atoms with E-state index in [9.17, 15) is 4.79 Å². The molecule has 0 aliphatic rings. The van der Waals surface area contributed by atoms with Crippen molar-refractivity contribution >= 4 is 39.2 Å². The van der Waals surface area contributed by atoms with Gasteiger partial charge in [-0.05, 0) is 37.4 Å². The van der Waals surface area contributed by atoms with Crippen LogP contribution in [0.3, 0.4) is 0 Å². The van der Waals surface area contributed by atoms with Crippen LogP contribution in [0.2, 0.25) is 0 Å². The van der Waals surface area contributed by atoms with Crippen molar-refractivity contribution in [2.24, 2.45) is 7.05 Å². The third-order valence-corrected chi connectivity index (χ3v) is 5.52. The summed E-state index contributed by atoms with van der Waals surface area (Å²) in [5, 5.41) is 6.24. The lowest BCUT2D eigenvalue weighted by atomic mass is 10.2. The van der Waals surface area contributed by atoms with Gasteiger partial charge in [0, 0.05) is 23.4 Å². The molecule has 4 nitrogen and oxygen atoms in total. The summed E-state index contributed by atoms with van der Waals surface area (Å²) in [6.07, 6.45) is 0. The molecule has 25 heavy (non-hydrogen) atoms. The van der Waals surface area contributed by atoms with Crippen molar-refractivity contribution in [2.45, 2.75) is 26.4 Å². The summed E-state index contributed by atoms with van der Waals surface area (Å²) in [5.41, 5.74) is 4.14. The molecule has 4 aromatic rings. The van der Waals surface area contributed by atoms with E-state index < -0.39 is 0 Å². The second kappa shape index (κ2) is 6.08. The highest BCUT2D eigenvalue weighted by Crippen LogP contribution is 2.33. The van der Waals surface area contributed by atoms with Gasteiger partial charge in [-0.15, -0.1) is 11.3 Å². The zero-order valence-electron chi connectivity index (χ0n) is 14.6. The van der Waals surface area contributed by atoms with Gasteiger partial charge in [0.15, 0.2) is 0 Å². The predicted molar refractivity (Wildman–Crippen MR) is 104 cm³/mol. The molecule has 0 spiro atoms. The quantitative estimate of drug-likeness (QED) is 0.568. The second-order valence-corrected chi connectivity index (χ2v) is 7.60. The van der Waals surface area contributed by atoms with Gasteiger partial charge < -0.3 is 14.5 Å². The highest BCUT2D eigenvalue weighted by Gasteiger charge is 2.20. The minimum Gasteiger partial charge on any atom is -0.346 e. The van der Waals surface area contributed by atoms with Crippen LogP contribution in [0.5, 0.6) is 0 Å². The van der Waals surface area contributed by atoms with Gasteiger partial charge >= 0.3 is 0 Å². The van der Waals surface area contributed by atoms with Gasteiger partial charge in [-0.3, -0.25) is 4.79 Å². The number of nitrogens with zero attached hydrogens (tertiary/aromatic N) is 2. The van der Waals surface area contributed by atoms with E-state index in [4.69, 9.17) is 0 Å². The molecular weight excluding hydrogens is 330 g/mol. The molecule has 3 aromatic heterocycles. The number of benzene rings is 1. The van der Waals surface area contributed by atoms with Gasteiger partial charge in [0.2, 0.25) is 0 Å². The number of amides is 1. The van der Waals surface area contributed by atoms with E-state index in [-0.39, 0.29) is 5.91 Å². The summed E-state index contributed by atoms with van der Waals surface area (Å²) >= 11 is 1.65. The van der Waals surface area contributed by atoms with Crippen LogP contribution in [0.1, 0.15) is 35.3 Å². The van der Waals surface area contributed by atoms with E-state index in [1.807, 2.05) is 35.2 Å².